The maximum absolute atomic E-state index is 12.3. The molecule has 1 aliphatic heterocycles. The minimum atomic E-state index is -0.431. The monoisotopic (exact) mass is 254 g/mol. The van der Waals surface area contributed by atoms with Crippen LogP contribution in [0, 0.1) is 11.3 Å². The van der Waals surface area contributed by atoms with E-state index in [2.05, 4.69) is 13.8 Å². The topological polar surface area (TPSA) is 55.6 Å². The molecule has 4 nitrogen and oxygen atoms in total. The van der Waals surface area contributed by atoms with E-state index in [1.54, 1.807) is 0 Å². The Hall–Kier alpha value is -0.770. The average Bonchev–Trinajstić information content (AvgIpc) is 2.25. The van der Waals surface area contributed by atoms with E-state index in [1.807, 2.05) is 25.7 Å². The van der Waals surface area contributed by atoms with Crippen LogP contribution in [0.5, 0.6) is 0 Å². The lowest BCUT2D eigenvalue weighted by Crippen LogP contribution is -2.73. The summed E-state index contributed by atoms with van der Waals surface area (Å²) in [4.78, 5) is 14.2. The van der Waals surface area contributed by atoms with Crippen molar-refractivity contribution in [2.45, 2.75) is 65.1 Å². The van der Waals surface area contributed by atoms with Gasteiger partial charge >= 0.3 is 6.09 Å². The number of carbonyl (C=O) groups is 1. The Morgan fingerprint density at radius 2 is 2.00 bits per heavy atom. The van der Waals surface area contributed by atoms with Crippen LogP contribution in [0.25, 0.3) is 0 Å². The highest BCUT2D eigenvalue weighted by atomic mass is 16.6. The van der Waals surface area contributed by atoms with E-state index in [-0.39, 0.29) is 23.6 Å². The largest absolute Gasteiger partial charge is 0.444 e. The minimum Gasteiger partial charge on any atom is -0.444 e. The zero-order chi connectivity index (χ0) is 13.7. The first kappa shape index (κ1) is 13.7. The molecule has 2 N–H and O–H groups in total. The van der Waals surface area contributed by atoms with E-state index in [9.17, 15) is 4.79 Å². The van der Waals surface area contributed by atoms with Gasteiger partial charge < -0.3 is 15.4 Å². The van der Waals surface area contributed by atoms with E-state index < -0.39 is 5.60 Å². The molecule has 4 heteroatoms. The van der Waals surface area contributed by atoms with E-state index >= 15 is 0 Å². The molecule has 0 aromatic heterocycles. The van der Waals surface area contributed by atoms with Gasteiger partial charge in [-0.3, -0.25) is 0 Å². The molecular formula is C14H26N2O2. The quantitative estimate of drug-likeness (QED) is 0.722. The molecular weight excluding hydrogens is 228 g/mol. The van der Waals surface area contributed by atoms with Crippen molar-refractivity contribution in [3.05, 3.63) is 0 Å². The molecule has 18 heavy (non-hydrogen) atoms. The first-order valence-electron chi connectivity index (χ1n) is 6.90. The number of piperidine rings is 1. The Morgan fingerprint density at radius 3 is 2.56 bits per heavy atom. The number of amides is 1. The van der Waals surface area contributed by atoms with Crippen molar-refractivity contribution in [2.24, 2.45) is 17.1 Å². The molecule has 1 heterocycles. The van der Waals surface area contributed by atoms with Crippen LogP contribution in [0.1, 0.15) is 47.5 Å². The number of fused-ring (bicyclic) bond motifs is 1. The zero-order valence-electron chi connectivity index (χ0n) is 12.2. The summed E-state index contributed by atoms with van der Waals surface area (Å²) in [5, 5.41) is 0. The van der Waals surface area contributed by atoms with Gasteiger partial charge in [0.25, 0.3) is 0 Å². The molecule has 0 aromatic carbocycles. The molecule has 1 saturated carbocycles. The maximum atomic E-state index is 12.3. The smallest absolute Gasteiger partial charge is 0.410 e. The third-order valence-electron chi connectivity index (χ3n) is 4.39. The molecule has 3 atom stereocenters. The second kappa shape index (κ2) is 4.12. The third kappa shape index (κ3) is 2.11. The molecule has 0 aromatic rings. The maximum Gasteiger partial charge on any atom is 0.410 e. The molecule has 1 aliphatic carbocycles. The van der Waals surface area contributed by atoms with Crippen molar-refractivity contribution in [1.29, 1.82) is 0 Å². The van der Waals surface area contributed by atoms with Crippen LogP contribution < -0.4 is 5.73 Å². The van der Waals surface area contributed by atoms with E-state index in [4.69, 9.17) is 10.5 Å². The lowest BCUT2D eigenvalue weighted by atomic mass is 9.53. The molecule has 2 rings (SSSR count). The van der Waals surface area contributed by atoms with Crippen molar-refractivity contribution in [1.82, 2.24) is 4.90 Å². The Labute approximate surface area is 110 Å². The predicted octanol–water partition coefficient (Wildman–Crippen LogP) is 2.37. The number of ether oxygens (including phenoxy) is 1. The van der Waals surface area contributed by atoms with Crippen molar-refractivity contribution >= 4 is 6.09 Å². The second-order valence-corrected chi connectivity index (χ2v) is 7.27. The zero-order valence-corrected chi connectivity index (χ0v) is 12.2. The summed E-state index contributed by atoms with van der Waals surface area (Å²) in [5.41, 5.74) is 5.79. The fraction of sp³-hybridized carbons (Fsp3) is 0.929. The number of hydrogen-bond acceptors (Lipinski definition) is 3. The van der Waals surface area contributed by atoms with Gasteiger partial charge in [-0.1, -0.05) is 13.8 Å². The predicted molar refractivity (Wildman–Crippen MR) is 71.2 cm³/mol. The Balaban J connectivity index is 2.11. The number of nitrogens with two attached hydrogens (primary N) is 1. The van der Waals surface area contributed by atoms with Crippen LogP contribution >= 0.6 is 0 Å². The van der Waals surface area contributed by atoms with Crippen LogP contribution in [0.15, 0.2) is 0 Å². The fourth-order valence-corrected chi connectivity index (χ4v) is 3.51. The van der Waals surface area contributed by atoms with Crippen LogP contribution in [-0.2, 0) is 4.74 Å². The van der Waals surface area contributed by atoms with Crippen molar-refractivity contribution in [3.8, 4) is 0 Å². The van der Waals surface area contributed by atoms with Gasteiger partial charge in [0.2, 0.25) is 0 Å². The summed E-state index contributed by atoms with van der Waals surface area (Å²) in [6.07, 6.45) is 1.98. The minimum absolute atomic E-state index is 0.00198. The number of nitrogens with zero attached hydrogens (tertiary/aromatic N) is 1. The molecule has 1 saturated heterocycles. The first-order valence-corrected chi connectivity index (χ1v) is 6.90. The molecule has 2 aliphatic rings. The van der Waals surface area contributed by atoms with Crippen LogP contribution in [0.4, 0.5) is 4.79 Å². The number of rotatable bonds is 0. The van der Waals surface area contributed by atoms with Crippen LogP contribution in [0.2, 0.25) is 0 Å². The van der Waals surface area contributed by atoms with E-state index in [1.165, 1.54) is 0 Å². The highest BCUT2D eigenvalue weighted by Gasteiger charge is 2.59. The summed E-state index contributed by atoms with van der Waals surface area (Å²) in [6.45, 7) is 10.8. The normalized spacial score (nSPS) is 34.6. The number of likely N-dealkylation sites (tertiary alicyclic amines) is 1. The summed E-state index contributed by atoms with van der Waals surface area (Å²) in [6, 6.07) is 0.448. The Bertz CT molecular complexity index is 346. The summed E-state index contributed by atoms with van der Waals surface area (Å²) in [5.74, 6) is 0.446. The standard InChI is InChI=1S/C14H26N2O2/c1-13(2,3)18-12(17)16-8-6-7-9-10(15)14(4,5)11(9)16/h9-11H,6-8,15H2,1-5H3. The van der Waals surface area contributed by atoms with Gasteiger partial charge in [0.15, 0.2) is 0 Å². The van der Waals surface area contributed by atoms with Gasteiger partial charge in [-0.15, -0.1) is 0 Å². The van der Waals surface area contributed by atoms with Crippen LogP contribution in [-0.4, -0.2) is 35.2 Å². The van der Waals surface area contributed by atoms with Crippen LogP contribution in [0.3, 0.4) is 0 Å². The van der Waals surface area contributed by atoms with Gasteiger partial charge in [0, 0.05) is 24.0 Å². The van der Waals surface area contributed by atoms with Gasteiger partial charge in [0.05, 0.1) is 0 Å². The summed E-state index contributed by atoms with van der Waals surface area (Å²) in [7, 11) is 0. The number of hydrogen-bond donors (Lipinski definition) is 1. The number of carbonyl (C=O) groups excluding carboxylic acids is 1. The second-order valence-electron chi connectivity index (χ2n) is 7.27. The lowest BCUT2D eigenvalue weighted by Gasteiger charge is -2.62. The molecule has 1 amide bonds. The van der Waals surface area contributed by atoms with Gasteiger partial charge in [-0.2, -0.15) is 0 Å². The summed E-state index contributed by atoms with van der Waals surface area (Å²) >= 11 is 0. The average molecular weight is 254 g/mol. The lowest BCUT2D eigenvalue weighted by molar-refractivity contribution is -0.107. The molecule has 0 bridgehead atoms. The Morgan fingerprint density at radius 1 is 1.39 bits per heavy atom. The molecule has 2 fully saturated rings. The molecule has 0 radical (unpaired) electrons. The van der Waals surface area contributed by atoms with E-state index in [0.29, 0.717) is 5.92 Å². The van der Waals surface area contributed by atoms with Gasteiger partial charge in [0.1, 0.15) is 5.60 Å². The van der Waals surface area contributed by atoms with Crippen molar-refractivity contribution in [3.63, 3.8) is 0 Å². The Kier molecular flexibility index (Phi) is 3.13. The third-order valence-corrected chi connectivity index (χ3v) is 4.39. The summed E-state index contributed by atoms with van der Waals surface area (Å²) < 4.78 is 5.50. The van der Waals surface area contributed by atoms with E-state index in [0.717, 1.165) is 19.4 Å². The highest BCUT2D eigenvalue weighted by molar-refractivity contribution is 5.69. The SMILES string of the molecule is CC(C)(C)OC(=O)N1CCCC2C(N)C(C)(C)C21. The molecule has 3 unspecified atom stereocenters. The first-order chi connectivity index (χ1) is 8.14. The van der Waals surface area contributed by atoms with Crippen molar-refractivity contribution < 1.29 is 9.53 Å². The highest BCUT2D eigenvalue weighted by Crippen LogP contribution is 2.51. The van der Waals surface area contributed by atoms with Gasteiger partial charge in [-0.25, -0.2) is 4.79 Å². The van der Waals surface area contributed by atoms with Crippen molar-refractivity contribution in [2.75, 3.05) is 6.54 Å². The molecule has 0 spiro atoms. The molecule has 104 valence electrons. The van der Waals surface area contributed by atoms with Gasteiger partial charge in [-0.05, 0) is 39.5 Å². The fourth-order valence-electron chi connectivity index (χ4n) is 3.51.